The van der Waals surface area contributed by atoms with Crippen LogP contribution in [0.25, 0.3) is 0 Å². The minimum Gasteiger partial charge on any atom is -0.464 e. The van der Waals surface area contributed by atoms with Gasteiger partial charge >= 0.3 is 5.97 Å². The van der Waals surface area contributed by atoms with E-state index in [1.807, 2.05) is 19.1 Å². The molecule has 1 N–H and O–H groups in total. The van der Waals surface area contributed by atoms with Crippen LogP contribution < -0.4 is 5.32 Å². The first-order valence-electron chi connectivity index (χ1n) is 5.97. The molecule has 0 aliphatic carbocycles. The largest absolute Gasteiger partial charge is 0.464 e. The molecule has 0 amide bonds. The van der Waals surface area contributed by atoms with E-state index < -0.39 is 5.97 Å². The quantitative estimate of drug-likeness (QED) is 0.879. The van der Waals surface area contributed by atoms with Gasteiger partial charge in [0.05, 0.1) is 7.11 Å². The number of anilines is 2. The van der Waals surface area contributed by atoms with Crippen LogP contribution in [-0.2, 0) is 4.74 Å². The van der Waals surface area contributed by atoms with Gasteiger partial charge in [0, 0.05) is 16.4 Å². The zero-order valence-corrected chi connectivity index (χ0v) is 12.2. The SMILES string of the molecule is COC(=O)c1cc(C)nc(Nc2ccc(C)c(Cl)c2)n1. The van der Waals surface area contributed by atoms with Gasteiger partial charge in [0.2, 0.25) is 5.95 Å². The summed E-state index contributed by atoms with van der Waals surface area (Å²) in [6.45, 7) is 3.70. The number of hydrogen-bond donors (Lipinski definition) is 1. The number of aryl methyl sites for hydroxylation is 2. The Hall–Kier alpha value is -2.14. The van der Waals surface area contributed by atoms with Crippen LogP contribution in [0.1, 0.15) is 21.7 Å². The van der Waals surface area contributed by atoms with Crippen molar-refractivity contribution in [2.75, 3.05) is 12.4 Å². The van der Waals surface area contributed by atoms with Gasteiger partial charge < -0.3 is 10.1 Å². The number of ether oxygens (including phenoxy) is 1. The fourth-order valence-corrected chi connectivity index (χ4v) is 1.81. The molecule has 0 bridgehead atoms. The smallest absolute Gasteiger partial charge is 0.356 e. The number of carbonyl (C=O) groups is 1. The topological polar surface area (TPSA) is 64.1 Å². The van der Waals surface area contributed by atoms with E-state index in [4.69, 9.17) is 11.6 Å². The van der Waals surface area contributed by atoms with Crippen molar-refractivity contribution in [2.45, 2.75) is 13.8 Å². The van der Waals surface area contributed by atoms with E-state index in [0.29, 0.717) is 16.7 Å². The van der Waals surface area contributed by atoms with Crippen molar-refractivity contribution in [3.8, 4) is 0 Å². The van der Waals surface area contributed by atoms with Crippen LogP contribution >= 0.6 is 11.6 Å². The molecule has 5 nitrogen and oxygen atoms in total. The number of nitrogens with one attached hydrogen (secondary N) is 1. The van der Waals surface area contributed by atoms with Gasteiger partial charge in [-0.15, -0.1) is 0 Å². The van der Waals surface area contributed by atoms with E-state index in [2.05, 4.69) is 20.0 Å². The van der Waals surface area contributed by atoms with Gasteiger partial charge in [-0.05, 0) is 37.6 Å². The van der Waals surface area contributed by atoms with Crippen molar-refractivity contribution in [1.82, 2.24) is 9.97 Å². The highest BCUT2D eigenvalue weighted by atomic mass is 35.5. The van der Waals surface area contributed by atoms with Crippen LogP contribution in [0.5, 0.6) is 0 Å². The van der Waals surface area contributed by atoms with Gasteiger partial charge in [-0.2, -0.15) is 0 Å². The normalized spacial score (nSPS) is 10.2. The van der Waals surface area contributed by atoms with Gasteiger partial charge in [-0.25, -0.2) is 14.8 Å². The second kappa shape index (κ2) is 5.88. The highest BCUT2D eigenvalue weighted by molar-refractivity contribution is 6.31. The summed E-state index contributed by atoms with van der Waals surface area (Å²) in [4.78, 5) is 19.8. The molecule has 1 heterocycles. The summed E-state index contributed by atoms with van der Waals surface area (Å²) in [5, 5.41) is 3.67. The van der Waals surface area contributed by atoms with E-state index in [0.717, 1.165) is 11.3 Å². The molecule has 104 valence electrons. The molecule has 1 aromatic heterocycles. The number of esters is 1. The summed E-state index contributed by atoms with van der Waals surface area (Å²) in [6.07, 6.45) is 0. The van der Waals surface area contributed by atoms with Crippen molar-refractivity contribution in [3.63, 3.8) is 0 Å². The molecule has 0 aliphatic heterocycles. The fraction of sp³-hybridized carbons (Fsp3) is 0.214. The maximum absolute atomic E-state index is 11.5. The van der Waals surface area contributed by atoms with Gasteiger partial charge in [0.25, 0.3) is 0 Å². The van der Waals surface area contributed by atoms with E-state index >= 15 is 0 Å². The molecule has 2 aromatic rings. The maximum atomic E-state index is 11.5. The van der Waals surface area contributed by atoms with Crippen LogP contribution in [0.3, 0.4) is 0 Å². The molecule has 0 radical (unpaired) electrons. The number of halogens is 1. The summed E-state index contributed by atoms with van der Waals surface area (Å²) >= 11 is 6.06. The van der Waals surface area contributed by atoms with Crippen LogP contribution in [-0.4, -0.2) is 23.0 Å². The minimum absolute atomic E-state index is 0.209. The van der Waals surface area contributed by atoms with Gasteiger partial charge in [-0.3, -0.25) is 0 Å². The molecule has 0 fully saturated rings. The summed E-state index contributed by atoms with van der Waals surface area (Å²) in [7, 11) is 1.31. The average Bonchev–Trinajstić information content (AvgIpc) is 2.41. The lowest BCUT2D eigenvalue weighted by Gasteiger charge is -2.08. The van der Waals surface area contributed by atoms with Crippen molar-refractivity contribution in [1.29, 1.82) is 0 Å². The highest BCUT2D eigenvalue weighted by Crippen LogP contribution is 2.22. The number of rotatable bonds is 3. The molecule has 2 rings (SSSR count). The maximum Gasteiger partial charge on any atom is 0.356 e. The molecule has 0 aliphatic rings. The third kappa shape index (κ3) is 3.24. The first-order chi connectivity index (χ1) is 9.49. The molecule has 0 saturated carbocycles. The number of carbonyl (C=O) groups excluding carboxylic acids is 1. The Kier molecular flexibility index (Phi) is 4.20. The number of hydrogen-bond acceptors (Lipinski definition) is 5. The standard InChI is InChI=1S/C14H14ClN3O2/c1-8-4-5-10(7-11(8)15)17-14-16-9(2)6-12(18-14)13(19)20-3/h4-7H,1-3H3,(H,16,17,18). The number of nitrogens with zero attached hydrogens (tertiary/aromatic N) is 2. The molecule has 0 atom stereocenters. The van der Waals surface area contributed by atoms with E-state index in [1.165, 1.54) is 7.11 Å². The third-order valence-corrected chi connectivity index (χ3v) is 3.08. The van der Waals surface area contributed by atoms with Crippen molar-refractivity contribution in [2.24, 2.45) is 0 Å². The van der Waals surface area contributed by atoms with Crippen LogP contribution in [0.4, 0.5) is 11.6 Å². The second-order valence-electron chi connectivity index (χ2n) is 4.30. The van der Waals surface area contributed by atoms with Crippen LogP contribution in [0.15, 0.2) is 24.3 Å². The monoisotopic (exact) mass is 291 g/mol. The second-order valence-corrected chi connectivity index (χ2v) is 4.71. The first-order valence-corrected chi connectivity index (χ1v) is 6.34. The van der Waals surface area contributed by atoms with Crippen LogP contribution in [0, 0.1) is 13.8 Å². The predicted molar refractivity (Wildman–Crippen MR) is 77.6 cm³/mol. The highest BCUT2D eigenvalue weighted by Gasteiger charge is 2.11. The molecule has 20 heavy (non-hydrogen) atoms. The average molecular weight is 292 g/mol. The Morgan fingerprint density at radius 1 is 1.25 bits per heavy atom. The Morgan fingerprint density at radius 3 is 2.65 bits per heavy atom. The first kappa shape index (κ1) is 14.3. The number of methoxy groups -OCH3 is 1. The fourth-order valence-electron chi connectivity index (χ4n) is 1.63. The van der Waals surface area contributed by atoms with Gasteiger partial charge in [0.1, 0.15) is 0 Å². The Morgan fingerprint density at radius 2 is 2.00 bits per heavy atom. The third-order valence-electron chi connectivity index (χ3n) is 2.68. The molecular formula is C14H14ClN3O2. The molecule has 0 saturated heterocycles. The molecule has 0 unspecified atom stereocenters. The number of benzene rings is 1. The molecular weight excluding hydrogens is 278 g/mol. The summed E-state index contributed by atoms with van der Waals surface area (Å²) in [5.41, 5.74) is 2.61. The Labute approximate surface area is 122 Å². The molecule has 6 heteroatoms. The lowest BCUT2D eigenvalue weighted by Crippen LogP contribution is -2.08. The van der Waals surface area contributed by atoms with Gasteiger partial charge in [-0.1, -0.05) is 17.7 Å². The molecule has 0 spiro atoms. The number of aromatic nitrogens is 2. The van der Waals surface area contributed by atoms with Gasteiger partial charge in [0.15, 0.2) is 5.69 Å². The molecule has 1 aromatic carbocycles. The Balaban J connectivity index is 2.31. The lowest BCUT2D eigenvalue weighted by atomic mass is 10.2. The minimum atomic E-state index is -0.500. The zero-order valence-electron chi connectivity index (χ0n) is 11.4. The summed E-state index contributed by atoms with van der Waals surface area (Å²) in [5.74, 6) is -0.175. The van der Waals surface area contributed by atoms with E-state index in [1.54, 1.807) is 19.1 Å². The Bertz CT molecular complexity index is 659. The predicted octanol–water partition coefficient (Wildman–Crippen LogP) is 3.28. The zero-order chi connectivity index (χ0) is 14.7. The van der Waals surface area contributed by atoms with E-state index in [-0.39, 0.29) is 5.69 Å². The van der Waals surface area contributed by atoms with Crippen molar-refractivity contribution < 1.29 is 9.53 Å². The summed E-state index contributed by atoms with van der Waals surface area (Å²) in [6, 6.07) is 7.10. The van der Waals surface area contributed by atoms with Crippen LogP contribution in [0.2, 0.25) is 5.02 Å². The summed E-state index contributed by atoms with van der Waals surface area (Å²) < 4.78 is 4.65. The van der Waals surface area contributed by atoms with Crippen molar-refractivity contribution >= 4 is 29.2 Å². The van der Waals surface area contributed by atoms with Crippen molar-refractivity contribution in [3.05, 3.63) is 46.2 Å². The van der Waals surface area contributed by atoms with E-state index in [9.17, 15) is 4.79 Å². The lowest BCUT2D eigenvalue weighted by molar-refractivity contribution is 0.0594.